The maximum absolute atomic E-state index is 5.91. The summed E-state index contributed by atoms with van der Waals surface area (Å²) < 4.78 is 0. The second-order valence-corrected chi connectivity index (χ2v) is 7.13. The maximum Gasteiger partial charge on any atom is -0.00488 e. The van der Waals surface area contributed by atoms with Crippen LogP contribution in [0.1, 0.15) is 58.3 Å². The van der Waals surface area contributed by atoms with E-state index in [2.05, 4.69) is 6.92 Å². The van der Waals surface area contributed by atoms with Gasteiger partial charge in [0, 0.05) is 0 Å². The standard InChI is InChI=1S/C15H27N/c1-2-11(10-16)6-15-7-12-3-13(8-15)5-14(4-12)9-15/h11-14H,2-10,16H2,1H3. The highest BCUT2D eigenvalue weighted by atomic mass is 14.6. The van der Waals surface area contributed by atoms with Crippen molar-refractivity contribution in [1.29, 1.82) is 0 Å². The second kappa shape index (κ2) is 4.01. The van der Waals surface area contributed by atoms with Gasteiger partial charge in [0.25, 0.3) is 0 Å². The van der Waals surface area contributed by atoms with Crippen LogP contribution in [0.25, 0.3) is 0 Å². The molecule has 4 fully saturated rings. The van der Waals surface area contributed by atoms with E-state index in [0.29, 0.717) is 0 Å². The molecule has 0 amide bonds. The van der Waals surface area contributed by atoms with Crippen molar-refractivity contribution in [3.63, 3.8) is 0 Å². The lowest BCUT2D eigenvalue weighted by Gasteiger charge is -2.57. The van der Waals surface area contributed by atoms with Crippen molar-refractivity contribution in [3.05, 3.63) is 0 Å². The van der Waals surface area contributed by atoms with Crippen LogP contribution < -0.4 is 5.73 Å². The van der Waals surface area contributed by atoms with Crippen molar-refractivity contribution in [2.24, 2.45) is 34.8 Å². The minimum atomic E-state index is 0.745. The van der Waals surface area contributed by atoms with Crippen molar-refractivity contribution < 1.29 is 0 Å². The Bertz CT molecular complexity index is 219. The lowest BCUT2D eigenvalue weighted by molar-refractivity contribution is -0.0650. The Morgan fingerprint density at radius 2 is 1.56 bits per heavy atom. The molecule has 0 aromatic heterocycles. The van der Waals surface area contributed by atoms with Crippen molar-refractivity contribution >= 4 is 0 Å². The molecular weight excluding hydrogens is 194 g/mol. The Balaban J connectivity index is 1.73. The fourth-order valence-electron chi connectivity index (χ4n) is 5.55. The molecule has 4 rings (SSSR count). The predicted octanol–water partition coefficient (Wildman–Crippen LogP) is 3.58. The summed E-state index contributed by atoms with van der Waals surface area (Å²) in [5, 5.41) is 0. The van der Waals surface area contributed by atoms with E-state index in [1.807, 2.05) is 0 Å². The van der Waals surface area contributed by atoms with Crippen LogP contribution >= 0.6 is 0 Å². The molecule has 4 bridgehead atoms. The third-order valence-corrected chi connectivity index (χ3v) is 5.80. The summed E-state index contributed by atoms with van der Waals surface area (Å²) in [4.78, 5) is 0. The van der Waals surface area contributed by atoms with Crippen molar-refractivity contribution in [3.8, 4) is 0 Å². The van der Waals surface area contributed by atoms with E-state index in [9.17, 15) is 0 Å². The minimum Gasteiger partial charge on any atom is -0.330 e. The van der Waals surface area contributed by atoms with Crippen LogP contribution in [0.3, 0.4) is 0 Å². The molecule has 92 valence electrons. The molecule has 2 N–H and O–H groups in total. The Morgan fingerprint density at radius 3 is 1.94 bits per heavy atom. The molecule has 16 heavy (non-hydrogen) atoms. The van der Waals surface area contributed by atoms with Gasteiger partial charge in [0.05, 0.1) is 0 Å². The molecular formula is C15H27N. The van der Waals surface area contributed by atoms with Gasteiger partial charge in [-0.25, -0.2) is 0 Å². The first-order valence-electron chi connectivity index (χ1n) is 7.43. The van der Waals surface area contributed by atoms with Crippen LogP contribution in [0.4, 0.5) is 0 Å². The van der Waals surface area contributed by atoms with Gasteiger partial charge in [-0.2, -0.15) is 0 Å². The van der Waals surface area contributed by atoms with E-state index in [1.165, 1.54) is 12.8 Å². The van der Waals surface area contributed by atoms with Crippen molar-refractivity contribution in [2.75, 3.05) is 6.54 Å². The lowest BCUT2D eigenvalue weighted by atomic mass is 9.48. The quantitative estimate of drug-likeness (QED) is 0.771. The number of rotatable bonds is 4. The highest BCUT2D eigenvalue weighted by molar-refractivity contribution is 5.01. The summed E-state index contributed by atoms with van der Waals surface area (Å²) in [6.07, 6.45) is 12.1. The van der Waals surface area contributed by atoms with Gasteiger partial charge >= 0.3 is 0 Å². The summed E-state index contributed by atoms with van der Waals surface area (Å²) in [6.45, 7) is 3.23. The monoisotopic (exact) mass is 221 g/mol. The SMILES string of the molecule is CCC(CN)CC12CC3CC(CC(C3)C1)C2. The summed E-state index contributed by atoms with van der Waals surface area (Å²) in [6, 6.07) is 0. The van der Waals surface area contributed by atoms with Gasteiger partial charge in [-0.05, 0) is 80.6 Å². The van der Waals surface area contributed by atoms with Gasteiger partial charge in [0.2, 0.25) is 0 Å². The minimum absolute atomic E-state index is 0.745. The van der Waals surface area contributed by atoms with E-state index >= 15 is 0 Å². The number of hydrogen-bond donors (Lipinski definition) is 1. The predicted molar refractivity (Wildman–Crippen MR) is 68.1 cm³/mol. The molecule has 0 saturated heterocycles. The number of hydrogen-bond acceptors (Lipinski definition) is 1. The Kier molecular flexibility index (Phi) is 2.78. The Morgan fingerprint density at radius 1 is 1.06 bits per heavy atom. The van der Waals surface area contributed by atoms with E-state index in [0.717, 1.165) is 35.6 Å². The molecule has 0 aliphatic heterocycles. The van der Waals surface area contributed by atoms with Gasteiger partial charge in [-0.15, -0.1) is 0 Å². The zero-order valence-corrected chi connectivity index (χ0v) is 10.8. The topological polar surface area (TPSA) is 26.0 Å². The van der Waals surface area contributed by atoms with E-state index in [-0.39, 0.29) is 0 Å². The molecule has 4 saturated carbocycles. The largest absolute Gasteiger partial charge is 0.330 e. The molecule has 0 aromatic carbocycles. The fraction of sp³-hybridized carbons (Fsp3) is 1.00. The molecule has 1 unspecified atom stereocenters. The Hall–Kier alpha value is -0.0400. The third-order valence-electron chi connectivity index (χ3n) is 5.80. The summed E-state index contributed by atoms with van der Waals surface area (Å²) in [5.41, 5.74) is 6.66. The third kappa shape index (κ3) is 1.81. The van der Waals surface area contributed by atoms with Gasteiger partial charge in [-0.1, -0.05) is 13.3 Å². The molecule has 0 heterocycles. The average molecular weight is 221 g/mol. The van der Waals surface area contributed by atoms with Gasteiger partial charge in [0.15, 0.2) is 0 Å². The molecule has 1 nitrogen and oxygen atoms in total. The molecule has 0 spiro atoms. The van der Waals surface area contributed by atoms with Gasteiger partial charge < -0.3 is 5.73 Å². The first-order chi connectivity index (χ1) is 7.73. The zero-order valence-electron chi connectivity index (χ0n) is 10.8. The molecule has 0 aromatic rings. The molecule has 1 heteroatoms. The fourth-order valence-corrected chi connectivity index (χ4v) is 5.55. The second-order valence-electron chi connectivity index (χ2n) is 7.13. The first kappa shape index (κ1) is 11.1. The van der Waals surface area contributed by atoms with Crippen molar-refractivity contribution in [1.82, 2.24) is 0 Å². The lowest BCUT2D eigenvalue weighted by Crippen LogP contribution is -2.47. The van der Waals surface area contributed by atoms with Crippen LogP contribution in [-0.4, -0.2) is 6.54 Å². The normalized spacial score (nSPS) is 47.2. The summed E-state index contributed by atoms with van der Waals surface area (Å²) in [5.74, 6) is 4.10. The smallest absolute Gasteiger partial charge is 0.00488 e. The van der Waals surface area contributed by atoms with E-state index in [4.69, 9.17) is 5.73 Å². The highest BCUT2D eigenvalue weighted by Crippen LogP contribution is 2.62. The molecule has 4 aliphatic rings. The Labute approximate surface area is 100 Å². The van der Waals surface area contributed by atoms with E-state index < -0.39 is 0 Å². The van der Waals surface area contributed by atoms with Gasteiger partial charge in [0.1, 0.15) is 0 Å². The van der Waals surface area contributed by atoms with Crippen LogP contribution in [0, 0.1) is 29.1 Å². The number of nitrogens with two attached hydrogens (primary N) is 1. The van der Waals surface area contributed by atoms with Crippen LogP contribution in [0.15, 0.2) is 0 Å². The summed E-state index contributed by atoms with van der Waals surface area (Å²) in [7, 11) is 0. The van der Waals surface area contributed by atoms with Gasteiger partial charge in [-0.3, -0.25) is 0 Å². The maximum atomic E-state index is 5.91. The van der Waals surface area contributed by atoms with Crippen molar-refractivity contribution in [2.45, 2.75) is 58.3 Å². The van der Waals surface area contributed by atoms with Crippen LogP contribution in [0.2, 0.25) is 0 Å². The average Bonchev–Trinajstić information content (AvgIpc) is 2.24. The first-order valence-corrected chi connectivity index (χ1v) is 7.43. The van der Waals surface area contributed by atoms with Crippen LogP contribution in [-0.2, 0) is 0 Å². The highest BCUT2D eigenvalue weighted by Gasteiger charge is 2.50. The van der Waals surface area contributed by atoms with E-state index in [1.54, 1.807) is 38.5 Å². The van der Waals surface area contributed by atoms with Crippen LogP contribution in [0.5, 0.6) is 0 Å². The zero-order chi connectivity index (χ0) is 11.2. The molecule has 1 atom stereocenters. The summed E-state index contributed by atoms with van der Waals surface area (Å²) >= 11 is 0. The molecule has 4 aliphatic carbocycles. The molecule has 0 radical (unpaired) electrons.